The van der Waals surface area contributed by atoms with E-state index in [0.717, 1.165) is 22.8 Å². The first-order valence-corrected chi connectivity index (χ1v) is 11.0. The van der Waals surface area contributed by atoms with Crippen molar-refractivity contribution >= 4 is 23.5 Å². The number of aryl methyl sites for hydroxylation is 2. The van der Waals surface area contributed by atoms with Crippen LogP contribution in [0.3, 0.4) is 0 Å². The second kappa shape index (κ2) is 9.05. The van der Waals surface area contributed by atoms with E-state index in [1.54, 1.807) is 11.1 Å². The molecule has 10 nitrogen and oxygen atoms in total. The average molecular weight is 451 g/mol. The van der Waals surface area contributed by atoms with Crippen molar-refractivity contribution in [3.8, 4) is 11.4 Å². The monoisotopic (exact) mass is 450 g/mol. The molecule has 0 radical (unpaired) electrons. The standard InChI is InChI=1S/C23H30N8O2/c1-15-12-18(26-19-13-16(2)28-29-19)27-21(25-15)17-6-7-20(24-14-17)30-8-10-31(11-9-30)22(32)33-23(3,4)5/h6-7,12-14H,8-11H2,1-5H3,(H2,25,26,27,28,29). The van der Waals surface area contributed by atoms with Crippen LogP contribution in [0.1, 0.15) is 32.2 Å². The Morgan fingerprint density at radius 2 is 1.82 bits per heavy atom. The smallest absolute Gasteiger partial charge is 0.410 e. The predicted molar refractivity (Wildman–Crippen MR) is 127 cm³/mol. The van der Waals surface area contributed by atoms with Crippen LogP contribution >= 0.6 is 0 Å². The number of hydrogen-bond donors (Lipinski definition) is 2. The second-order valence-electron chi connectivity index (χ2n) is 9.14. The van der Waals surface area contributed by atoms with Gasteiger partial charge in [-0.1, -0.05) is 0 Å². The van der Waals surface area contributed by atoms with Crippen LogP contribution in [0.4, 0.5) is 22.2 Å². The molecule has 0 spiro atoms. The van der Waals surface area contributed by atoms with Gasteiger partial charge in [0.25, 0.3) is 0 Å². The number of amides is 1. The third kappa shape index (κ3) is 5.76. The zero-order valence-electron chi connectivity index (χ0n) is 19.7. The van der Waals surface area contributed by atoms with Gasteiger partial charge >= 0.3 is 6.09 Å². The molecule has 174 valence electrons. The fourth-order valence-electron chi connectivity index (χ4n) is 3.52. The summed E-state index contributed by atoms with van der Waals surface area (Å²) >= 11 is 0. The van der Waals surface area contributed by atoms with Gasteiger partial charge in [0.05, 0.1) is 0 Å². The van der Waals surface area contributed by atoms with E-state index in [-0.39, 0.29) is 6.09 Å². The van der Waals surface area contributed by atoms with Gasteiger partial charge in [-0.25, -0.2) is 19.7 Å². The fourth-order valence-corrected chi connectivity index (χ4v) is 3.52. The molecule has 3 aromatic rings. The average Bonchev–Trinajstić information content (AvgIpc) is 3.17. The van der Waals surface area contributed by atoms with E-state index in [4.69, 9.17) is 4.74 Å². The molecule has 0 atom stereocenters. The summed E-state index contributed by atoms with van der Waals surface area (Å²) in [5, 5.41) is 10.3. The lowest BCUT2D eigenvalue weighted by Gasteiger charge is -2.36. The van der Waals surface area contributed by atoms with E-state index >= 15 is 0 Å². The minimum absolute atomic E-state index is 0.267. The van der Waals surface area contributed by atoms with Crippen LogP contribution in [0, 0.1) is 13.8 Å². The number of anilines is 3. The van der Waals surface area contributed by atoms with Crippen molar-refractivity contribution in [2.75, 3.05) is 36.4 Å². The van der Waals surface area contributed by atoms with Crippen LogP contribution in [0.25, 0.3) is 11.4 Å². The number of aromatic amines is 1. The van der Waals surface area contributed by atoms with E-state index < -0.39 is 5.60 Å². The highest BCUT2D eigenvalue weighted by molar-refractivity contribution is 5.68. The summed E-state index contributed by atoms with van der Waals surface area (Å²) in [6, 6.07) is 7.73. The molecule has 1 saturated heterocycles. The molecule has 0 saturated carbocycles. The highest BCUT2D eigenvalue weighted by atomic mass is 16.6. The Kier molecular flexibility index (Phi) is 6.17. The summed E-state index contributed by atoms with van der Waals surface area (Å²) < 4.78 is 5.47. The number of H-pyrrole nitrogens is 1. The van der Waals surface area contributed by atoms with Crippen LogP contribution in [0.2, 0.25) is 0 Å². The first kappa shape index (κ1) is 22.5. The minimum Gasteiger partial charge on any atom is -0.444 e. The lowest BCUT2D eigenvalue weighted by molar-refractivity contribution is 0.0240. The van der Waals surface area contributed by atoms with Crippen molar-refractivity contribution in [3.63, 3.8) is 0 Å². The normalized spacial score (nSPS) is 14.3. The first-order valence-electron chi connectivity index (χ1n) is 11.0. The van der Waals surface area contributed by atoms with E-state index in [1.807, 2.05) is 58.9 Å². The molecule has 33 heavy (non-hydrogen) atoms. The summed E-state index contributed by atoms with van der Waals surface area (Å²) in [5.74, 6) is 2.83. The van der Waals surface area contributed by atoms with E-state index in [1.165, 1.54) is 0 Å². The molecule has 0 unspecified atom stereocenters. The molecular formula is C23H30N8O2. The maximum atomic E-state index is 12.3. The minimum atomic E-state index is -0.490. The Labute approximate surface area is 193 Å². The number of hydrogen-bond acceptors (Lipinski definition) is 8. The van der Waals surface area contributed by atoms with Gasteiger partial charge in [0.2, 0.25) is 0 Å². The predicted octanol–water partition coefficient (Wildman–Crippen LogP) is 3.68. The van der Waals surface area contributed by atoms with Crippen LogP contribution in [0.15, 0.2) is 30.5 Å². The van der Waals surface area contributed by atoms with Crippen molar-refractivity contribution < 1.29 is 9.53 Å². The molecule has 4 rings (SSSR count). The molecule has 1 amide bonds. The fraction of sp³-hybridized carbons (Fsp3) is 0.435. The van der Waals surface area contributed by atoms with Gasteiger partial charge in [-0.15, -0.1) is 0 Å². The molecule has 3 aromatic heterocycles. The number of aromatic nitrogens is 5. The van der Waals surface area contributed by atoms with E-state index in [9.17, 15) is 4.79 Å². The molecule has 0 aromatic carbocycles. The lowest BCUT2D eigenvalue weighted by atomic mass is 10.2. The van der Waals surface area contributed by atoms with Crippen LogP contribution < -0.4 is 10.2 Å². The third-order valence-corrected chi connectivity index (χ3v) is 5.08. The molecule has 1 fully saturated rings. The summed E-state index contributed by atoms with van der Waals surface area (Å²) in [6.07, 6.45) is 1.52. The molecular weight excluding hydrogens is 420 g/mol. The summed E-state index contributed by atoms with van der Waals surface area (Å²) in [7, 11) is 0. The van der Waals surface area contributed by atoms with E-state index in [0.29, 0.717) is 43.6 Å². The maximum absolute atomic E-state index is 12.3. The first-order chi connectivity index (χ1) is 15.7. The Morgan fingerprint density at radius 1 is 1.06 bits per heavy atom. The van der Waals surface area contributed by atoms with Crippen molar-refractivity contribution in [2.45, 2.75) is 40.2 Å². The Balaban J connectivity index is 1.41. The Hall–Kier alpha value is -3.69. The van der Waals surface area contributed by atoms with Gasteiger partial charge in [-0.05, 0) is 46.8 Å². The molecule has 10 heteroatoms. The number of nitrogens with zero attached hydrogens (tertiary/aromatic N) is 6. The van der Waals surface area contributed by atoms with Gasteiger partial charge in [0.15, 0.2) is 11.6 Å². The zero-order chi connectivity index (χ0) is 23.6. The molecule has 2 N–H and O–H groups in total. The highest BCUT2D eigenvalue weighted by Crippen LogP contribution is 2.22. The summed E-state index contributed by atoms with van der Waals surface area (Å²) in [4.78, 5) is 30.0. The summed E-state index contributed by atoms with van der Waals surface area (Å²) in [6.45, 7) is 12.1. The zero-order valence-corrected chi connectivity index (χ0v) is 19.7. The Morgan fingerprint density at radius 3 is 2.42 bits per heavy atom. The number of ether oxygens (including phenoxy) is 1. The largest absolute Gasteiger partial charge is 0.444 e. The van der Waals surface area contributed by atoms with Gasteiger partial charge < -0.3 is 19.9 Å². The SMILES string of the molecule is Cc1cc(Nc2cc(C)[nH]n2)nc(-c2ccc(N3CCN(C(=O)OC(C)(C)C)CC3)nc2)n1. The molecule has 1 aliphatic rings. The van der Waals surface area contributed by atoms with Crippen LogP contribution in [-0.2, 0) is 4.74 Å². The number of carbonyl (C=O) groups excluding carboxylic acids is 1. The molecule has 0 bridgehead atoms. The third-order valence-electron chi connectivity index (χ3n) is 5.08. The van der Waals surface area contributed by atoms with Crippen molar-refractivity contribution in [1.82, 2.24) is 30.0 Å². The molecule has 4 heterocycles. The van der Waals surface area contributed by atoms with Crippen LogP contribution in [-0.4, -0.2) is 67.9 Å². The van der Waals surface area contributed by atoms with Gasteiger partial charge in [-0.2, -0.15) is 5.10 Å². The quantitative estimate of drug-likeness (QED) is 0.619. The Bertz CT molecular complexity index is 1110. The lowest BCUT2D eigenvalue weighted by Crippen LogP contribution is -2.50. The van der Waals surface area contributed by atoms with Gasteiger partial charge in [0.1, 0.15) is 17.2 Å². The topological polar surface area (TPSA) is 112 Å². The van der Waals surface area contributed by atoms with Gasteiger partial charge in [0, 0.05) is 61.5 Å². The molecule has 1 aliphatic heterocycles. The highest BCUT2D eigenvalue weighted by Gasteiger charge is 2.26. The number of rotatable bonds is 4. The number of nitrogens with one attached hydrogen (secondary N) is 2. The maximum Gasteiger partial charge on any atom is 0.410 e. The van der Waals surface area contributed by atoms with Crippen LogP contribution in [0.5, 0.6) is 0 Å². The summed E-state index contributed by atoms with van der Waals surface area (Å²) in [5.41, 5.74) is 2.15. The number of carbonyl (C=O) groups is 1. The van der Waals surface area contributed by atoms with Crippen molar-refractivity contribution in [1.29, 1.82) is 0 Å². The van der Waals surface area contributed by atoms with E-state index in [2.05, 4.69) is 35.4 Å². The number of pyridine rings is 1. The molecule has 0 aliphatic carbocycles. The van der Waals surface area contributed by atoms with Gasteiger partial charge in [-0.3, -0.25) is 5.10 Å². The second-order valence-corrected chi connectivity index (χ2v) is 9.14. The number of piperazine rings is 1. The van der Waals surface area contributed by atoms with Crippen molar-refractivity contribution in [3.05, 3.63) is 41.9 Å². The van der Waals surface area contributed by atoms with Crippen molar-refractivity contribution in [2.24, 2.45) is 0 Å².